The molecule has 0 rings (SSSR count). The highest BCUT2D eigenvalue weighted by atomic mass is 16.6. The number of hydrogen-bond acceptors (Lipinski definition) is 2. The summed E-state index contributed by atoms with van der Waals surface area (Å²) in [6, 6.07) is 0. The van der Waals surface area contributed by atoms with Crippen LogP contribution in [0.1, 0.15) is 13.8 Å². The van der Waals surface area contributed by atoms with Gasteiger partial charge in [-0.1, -0.05) is 13.8 Å². The maximum absolute atomic E-state index is 5.02. The molecule has 0 aromatic heterocycles. The summed E-state index contributed by atoms with van der Waals surface area (Å²) in [6.07, 6.45) is 0. The third kappa shape index (κ3) is 5.98. The Balaban J connectivity index is 2.72. The Kier molecular flexibility index (Phi) is 5.12. The van der Waals surface area contributed by atoms with Crippen molar-refractivity contribution in [3.05, 3.63) is 0 Å². The smallest absolute Gasteiger partial charge is 0.417 e. The van der Waals surface area contributed by atoms with E-state index in [4.69, 9.17) is 4.65 Å². The molecule has 3 heteroatoms. The molecule has 0 aromatic rings. The van der Waals surface area contributed by atoms with Crippen molar-refractivity contribution in [1.82, 2.24) is 0 Å². The molecule has 0 aliphatic heterocycles. The van der Waals surface area contributed by atoms with Gasteiger partial charge in [-0.15, -0.1) is 0 Å². The van der Waals surface area contributed by atoms with Crippen LogP contribution in [0.3, 0.4) is 0 Å². The molecule has 0 heterocycles. The van der Waals surface area contributed by atoms with E-state index in [1.165, 1.54) is 0 Å². The quantitative estimate of drug-likeness (QED) is 0.395. The molecule has 0 radical (unpaired) electrons. The molecule has 8 heavy (non-hydrogen) atoms. The number of hydrogen-bond donors (Lipinski definition) is 0. The van der Waals surface area contributed by atoms with Gasteiger partial charge >= 0.3 is 7.69 Å². The fourth-order valence-corrected chi connectivity index (χ4v) is 0.367. The van der Waals surface area contributed by atoms with Crippen LogP contribution < -0.4 is 0 Å². The van der Waals surface area contributed by atoms with E-state index in [2.05, 4.69) is 18.5 Å². The van der Waals surface area contributed by atoms with Crippen LogP contribution in [0.4, 0.5) is 0 Å². The Morgan fingerprint density at radius 2 is 2.12 bits per heavy atom. The van der Waals surface area contributed by atoms with Gasteiger partial charge in [-0.25, -0.2) is 0 Å². The van der Waals surface area contributed by atoms with Crippen molar-refractivity contribution in [3.63, 3.8) is 0 Å². The predicted octanol–water partition coefficient (Wildman–Crippen LogP) is 0.572. The lowest BCUT2D eigenvalue weighted by Gasteiger charge is -2.02. The molecule has 0 bridgehead atoms. The van der Waals surface area contributed by atoms with Gasteiger partial charge in [-0.05, 0) is 5.92 Å². The normalized spacial score (nSPS) is 10.0. The van der Waals surface area contributed by atoms with E-state index in [-0.39, 0.29) is 0 Å². The molecular formula is C5H13BO2. The maximum Gasteiger partial charge on any atom is 0.437 e. The van der Waals surface area contributed by atoms with Gasteiger partial charge in [-0.3, -0.25) is 0 Å². The molecule has 0 fully saturated rings. The summed E-state index contributed by atoms with van der Waals surface area (Å²) in [7, 11) is 2.04. The van der Waals surface area contributed by atoms with E-state index in [9.17, 15) is 0 Å². The molecule has 0 aromatic carbocycles. The fraction of sp³-hybridized carbons (Fsp3) is 1.00. The fourth-order valence-electron chi connectivity index (χ4n) is 0.367. The summed E-state index contributed by atoms with van der Waals surface area (Å²) in [5.74, 6) is 0.602. The van der Waals surface area contributed by atoms with E-state index in [1.54, 1.807) is 7.11 Å². The Bertz CT molecular complexity index is 47.7. The zero-order valence-corrected chi connectivity index (χ0v) is 5.81. The summed E-state index contributed by atoms with van der Waals surface area (Å²) >= 11 is 0. The average Bonchev–Trinajstić information content (AvgIpc) is 1.66. The summed E-state index contributed by atoms with van der Waals surface area (Å²) in [4.78, 5) is 0. The van der Waals surface area contributed by atoms with Crippen LogP contribution in [0.15, 0.2) is 0 Å². The topological polar surface area (TPSA) is 18.5 Å². The summed E-state index contributed by atoms with van der Waals surface area (Å²) in [6.45, 7) is 5.00. The van der Waals surface area contributed by atoms with Crippen LogP contribution in [-0.4, -0.2) is 21.4 Å². The largest absolute Gasteiger partial charge is 0.437 e. The molecule has 0 saturated heterocycles. The van der Waals surface area contributed by atoms with Gasteiger partial charge in [0.2, 0.25) is 0 Å². The van der Waals surface area contributed by atoms with Crippen molar-refractivity contribution in [2.75, 3.05) is 13.7 Å². The third-order valence-electron chi connectivity index (χ3n) is 0.652. The monoisotopic (exact) mass is 116 g/mol. The maximum atomic E-state index is 5.02. The molecule has 0 saturated carbocycles. The molecule has 0 aliphatic carbocycles. The lowest BCUT2D eigenvalue weighted by Crippen LogP contribution is -2.07. The van der Waals surface area contributed by atoms with Crippen molar-refractivity contribution in [2.45, 2.75) is 13.8 Å². The van der Waals surface area contributed by atoms with Crippen LogP contribution >= 0.6 is 0 Å². The Labute approximate surface area is 51.5 Å². The molecule has 0 aliphatic rings. The lowest BCUT2D eigenvalue weighted by atomic mass is 10.2. The second kappa shape index (κ2) is 5.13. The summed E-state index contributed by atoms with van der Waals surface area (Å²) in [5.41, 5.74) is 0. The van der Waals surface area contributed by atoms with Gasteiger partial charge in [0.25, 0.3) is 0 Å². The summed E-state index contributed by atoms with van der Waals surface area (Å²) in [5, 5.41) is 0. The first-order valence-electron chi connectivity index (χ1n) is 2.84. The van der Waals surface area contributed by atoms with Crippen molar-refractivity contribution >= 4 is 7.69 Å². The molecule has 0 N–H and O–H groups in total. The molecule has 2 nitrogen and oxygen atoms in total. The van der Waals surface area contributed by atoms with Crippen LogP contribution in [0, 0.1) is 5.92 Å². The van der Waals surface area contributed by atoms with E-state index in [1.807, 2.05) is 0 Å². The average molecular weight is 116 g/mol. The van der Waals surface area contributed by atoms with Gasteiger partial charge in [0.1, 0.15) is 0 Å². The Hall–Kier alpha value is -0.0151. The summed E-state index contributed by atoms with van der Waals surface area (Å²) < 4.78 is 9.69. The van der Waals surface area contributed by atoms with Crippen molar-refractivity contribution < 1.29 is 9.31 Å². The Morgan fingerprint density at radius 1 is 1.50 bits per heavy atom. The second-order valence-electron chi connectivity index (χ2n) is 2.17. The zero-order chi connectivity index (χ0) is 6.41. The molecule has 48 valence electrons. The van der Waals surface area contributed by atoms with Crippen LogP contribution in [0.25, 0.3) is 0 Å². The van der Waals surface area contributed by atoms with Gasteiger partial charge < -0.3 is 9.31 Å². The van der Waals surface area contributed by atoms with E-state index in [0.717, 1.165) is 6.61 Å². The van der Waals surface area contributed by atoms with Crippen LogP contribution in [0.5, 0.6) is 0 Å². The van der Waals surface area contributed by atoms with Crippen LogP contribution in [0.2, 0.25) is 0 Å². The first-order valence-corrected chi connectivity index (χ1v) is 2.84. The molecule has 0 unspecified atom stereocenters. The highest BCUT2D eigenvalue weighted by molar-refractivity contribution is 6.17. The van der Waals surface area contributed by atoms with Gasteiger partial charge in [0.15, 0.2) is 0 Å². The highest BCUT2D eigenvalue weighted by Gasteiger charge is 1.92. The van der Waals surface area contributed by atoms with Crippen molar-refractivity contribution in [3.8, 4) is 0 Å². The SMILES string of the molecule is COBOCC(C)C. The van der Waals surface area contributed by atoms with E-state index < -0.39 is 0 Å². The minimum absolute atomic E-state index is 0.415. The minimum atomic E-state index is 0.415. The molecule has 0 spiro atoms. The number of rotatable bonds is 4. The van der Waals surface area contributed by atoms with Crippen LogP contribution in [-0.2, 0) is 9.31 Å². The minimum Gasteiger partial charge on any atom is -0.417 e. The first kappa shape index (κ1) is 7.98. The van der Waals surface area contributed by atoms with Gasteiger partial charge in [-0.2, -0.15) is 0 Å². The Morgan fingerprint density at radius 3 is 2.50 bits per heavy atom. The third-order valence-corrected chi connectivity index (χ3v) is 0.652. The highest BCUT2D eigenvalue weighted by Crippen LogP contribution is 1.89. The molecular weight excluding hydrogens is 103 g/mol. The van der Waals surface area contributed by atoms with Crippen molar-refractivity contribution in [2.24, 2.45) is 5.92 Å². The van der Waals surface area contributed by atoms with E-state index >= 15 is 0 Å². The second-order valence-corrected chi connectivity index (χ2v) is 2.17. The van der Waals surface area contributed by atoms with E-state index in [0.29, 0.717) is 13.6 Å². The van der Waals surface area contributed by atoms with Gasteiger partial charge in [0.05, 0.1) is 0 Å². The van der Waals surface area contributed by atoms with Gasteiger partial charge in [0, 0.05) is 13.7 Å². The first-order chi connectivity index (χ1) is 3.77. The molecule has 0 atom stereocenters. The standard InChI is InChI=1S/C5H13BO2/c1-5(2)4-8-6-7-3/h5-6H,4H2,1-3H3. The predicted molar refractivity (Wildman–Crippen MR) is 34.9 cm³/mol. The van der Waals surface area contributed by atoms with Crippen molar-refractivity contribution in [1.29, 1.82) is 0 Å². The lowest BCUT2D eigenvalue weighted by molar-refractivity contribution is 0.226. The zero-order valence-electron chi connectivity index (χ0n) is 5.81. The molecule has 0 amide bonds.